The molecule has 0 heterocycles. The Morgan fingerprint density at radius 2 is 1.21 bits per heavy atom. The number of thiol groups is 1. The Morgan fingerprint density at radius 3 is 1.58 bits per heavy atom. The lowest BCUT2D eigenvalue weighted by Gasteiger charge is -2.05. The van der Waals surface area contributed by atoms with Crippen LogP contribution in [0.25, 0.3) is 0 Å². The summed E-state index contributed by atoms with van der Waals surface area (Å²) in [6.07, 6.45) is 15.6. The average molecular weight is 400 g/mol. The minimum atomic E-state index is -4.27. The molecule has 0 aliphatic carbocycles. The number of hydrogen-bond donors (Lipinski definition) is 4. The molecule has 0 amide bonds. The van der Waals surface area contributed by atoms with Crippen LogP contribution in [0.15, 0.2) is 0 Å². The van der Waals surface area contributed by atoms with Crippen molar-refractivity contribution in [2.75, 3.05) is 13.2 Å². The molecule has 24 heavy (non-hydrogen) atoms. The van der Waals surface area contributed by atoms with E-state index in [1.54, 1.807) is 0 Å². The number of hydrogen-bond acceptors (Lipinski definition) is 3. The minimum absolute atomic E-state index is 0.154. The number of phosphoric acid groups is 1. The lowest BCUT2D eigenvalue weighted by Crippen LogP contribution is -2.17. The van der Waals surface area contributed by atoms with Crippen molar-refractivity contribution in [1.82, 2.24) is 5.32 Å². The summed E-state index contributed by atoms with van der Waals surface area (Å²) in [6, 6.07) is 0. The largest absolute Gasteiger partial charge is 0.469 e. The first kappa shape index (κ1) is 24.4. The molecule has 0 rings (SSSR count). The lowest BCUT2D eigenvalue weighted by atomic mass is 10.0. The molecule has 0 unspecified atom stereocenters. The van der Waals surface area contributed by atoms with Gasteiger partial charge in [0.2, 0.25) is 0 Å². The van der Waals surface area contributed by atoms with Gasteiger partial charge < -0.3 is 15.1 Å². The minimum Gasteiger partial charge on any atom is -0.371 e. The second kappa shape index (κ2) is 16.8. The zero-order valence-electron chi connectivity index (χ0n) is 14.6. The van der Waals surface area contributed by atoms with Gasteiger partial charge in [0, 0.05) is 6.54 Å². The average Bonchev–Trinajstić information content (AvgIpc) is 2.49. The molecular formula is C16H34NO4PS2. The zero-order chi connectivity index (χ0) is 18.1. The van der Waals surface area contributed by atoms with Gasteiger partial charge in [-0.05, 0) is 12.8 Å². The molecule has 0 spiro atoms. The highest BCUT2D eigenvalue weighted by molar-refractivity contribution is 8.11. The molecule has 0 radical (unpaired) electrons. The topological polar surface area (TPSA) is 78.8 Å². The molecule has 0 atom stereocenters. The van der Waals surface area contributed by atoms with E-state index in [2.05, 4.69) is 22.5 Å². The predicted octanol–water partition coefficient (Wildman–Crippen LogP) is 4.97. The molecule has 0 bridgehead atoms. The highest BCUT2D eigenvalue weighted by atomic mass is 32.1. The Labute approximate surface area is 158 Å². The van der Waals surface area contributed by atoms with E-state index in [0.717, 1.165) is 25.8 Å². The molecular weight excluding hydrogens is 365 g/mol. The van der Waals surface area contributed by atoms with Crippen LogP contribution in [0.3, 0.4) is 0 Å². The molecule has 0 aliphatic rings. The van der Waals surface area contributed by atoms with Crippen molar-refractivity contribution in [1.29, 1.82) is 0 Å². The van der Waals surface area contributed by atoms with Crippen LogP contribution in [0.4, 0.5) is 0 Å². The van der Waals surface area contributed by atoms with Crippen molar-refractivity contribution < 1.29 is 18.9 Å². The molecule has 0 aromatic rings. The smallest absolute Gasteiger partial charge is 0.371 e. The maximum atomic E-state index is 10.5. The van der Waals surface area contributed by atoms with Gasteiger partial charge in [-0.25, -0.2) is 4.57 Å². The predicted molar refractivity (Wildman–Crippen MR) is 108 cm³/mol. The van der Waals surface area contributed by atoms with E-state index < -0.39 is 7.82 Å². The van der Waals surface area contributed by atoms with Crippen molar-refractivity contribution >= 4 is 37.0 Å². The van der Waals surface area contributed by atoms with Crippen molar-refractivity contribution in [3.8, 4) is 0 Å². The zero-order valence-corrected chi connectivity index (χ0v) is 17.2. The fraction of sp³-hybridized carbons (Fsp3) is 0.938. The van der Waals surface area contributed by atoms with Crippen molar-refractivity contribution in [2.24, 2.45) is 0 Å². The first-order chi connectivity index (χ1) is 11.4. The van der Waals surface area contributed by atoms with Crippen molar-refractivity contribution in [3.63, 3.8) is 0 Å². The maximum Gasteiger partial charge on any atom is 0.469 e. The first-order valence-corrected chi connectivity index (χ1v) is 11.5. The molecule has 0 aromatic heterocycles. The third-order valence-electron chi connectivity index (χ3n) is 3.86. The summed E-state index contributed by atoms with van der Waals surface area (Å²) >= 11 is 8.85. The number of unbranched alkanes of at least 4 members (excludes halogenated alkanes) is 12. The van der Waals surface area contributed by atoms with Crippen LogP contribution in [0, 0.1) is 0 Å². The van der Waals surface area contributed by atoms with Crippen LogP contribution in [-0.4, -0.2) is 27.3 Å². The standard InChI is InChI=1S/C16H34NO4PS2/c18-22(19,20)21-15-13-11-9-7-5-3-1-2-4-6-8-10-12-14-17-16(23)24/h1-15H2,(H2,17,23,24)(H2,18,19,20). The van der Waals surface area contributed by atoms with E-state index in [4.69, 9.17) is 22.0 Å². The van der Waals surface area contributed by atoms with Crippen LogP contribution in [0.1, 0.15) is 83.5 Å². The third kappa shape index (κ3) is 22.4. The Balaban J connectivity index is 3.05. The Hall–Kier alpha value is 0.350. The van der Waals surface area contributed by atoms with Gasteiger partial charge in [-0.3, -0.25) is 4.52 Å². The van der Waals surface area contributed by atoms with E-state index in [-0.39, 0.29) is 6.61 Å². The summed E-state index contributed by atoms with van der Waals surface area (Å²) in [7, 11) is -4.27. The quantitative estimate of drug-likeness (QED) is 0.120. The van der Waals surface area contributed by atoms with Gasteiger partial charge in [-0.1, -0.05) is 82.8 Å². The number of thiocarbonyl (C=S) groups is 1. The van der Waals surface area contributed by atoms with Gasteiger partial charge in [0.25, 0.3) is 0 Å². The van der Waals surface area contributed by atoms with Crippen LogP contribution < -0.4 is 5.32 Å². The summed E-state index contributed by atoms with van der Waals surface area (Å²) in [5, 5.41) is 3.05. The summed E-state index contributed by atoms with van der Waals surface area (Å²) in [5.74, 6) is 0. The SMILES string of the molecule is O=P(O)(O)OCCCCCCCCCCCCCCCNC(=S)S. The van der Waals surface area contributed by atoms with Gasteiger partial charge in [0.05, 0.1) is 6.61 Å². The number of rotatable bonds is 17. The number of phosphoric ester groups is 1. The van der Waals surface area contributed by atoms with Gasteiger partial charge in [0.15, 0.2) is 0 Å². The molecule has 0 saturated heterocycles. The Kier molecular flexibility index (Phi) is 17.0. The van der Waals surface area contributed by atoms with E-state index >= 15 is 0 Å². The van der Waals surface area contributed by atoms with Crippen LogP contribution in [0.5, 0.6) is 0 Å². The van der Waals surface area contributed by atoms with Gasteiger partial charge in [0.1, 0.15) is 4.32 Å². The molecule has 5 nitrogen and oxygen atoms in total. The van der Waals surface area contributed by atoms with Crippen LogP contribution in [-0.2, 0) is 9.09 Å². The normalized spacial score (nSPS) is 11.6. The maximum absolute atomic E-state index is 10.5. The van der Waals surface area contributed by atoms with Crippen LogP contribution in [0.2, 0.25) is 0 Å². The molecule has 8 heteroatoms. The molecule has 0 saturated carbocycles. The number of nitrogens with one attached hydrogen (secondary N) is 1. The first-order valence-electron chi connectivity index (χ1n) is 9.09. The second-order valence-electron chi connectivity index (χ2n) is 6.15. The molecule has 0 fully saturated rings. The molecule has 0 aliphatic heterocycles. The Bertz CT molecular complexity index is 353. The summed E-state index contributed by atoms with van der Waals surface area (Å²) in [6.45, 7) is 1.09. The second-order valence-corrected chi connectivity index (χ2v) is 8.55. The monoisotopic (exact) mass is 399 g/mol. The summed E-state index contributed by atoms with van der Waals surface area (Å²) in [5.41, 5.74) is 0. The fourth-order valence-electron chi connectivity index (χ4n) is 2.55. The van der Waals surface area contributed by atoms with E-state index in [0.29, 0.717) is 4.32 Å². The highest BCUT2D eigenvalue weighted by Gasteiger charge is 2.12. The lowest BCUT2D eigenvalue weighted by molar-refractivity contribution is 0.193. The highest BCUT2D eigenvalue weighted by Crippen LogP contribution is 2.35. The van der Waals surface area contributed by atoms with Gasteiger partial charge in [-0.2, -0.15) is 0 Å². The van der Waals surface area contributed by atoms with E-state index in [9.17, 15) is 4.57 Å². The summed E-state index contributed by atoms with van der Waals surface area (Å²) < 4.78 is 15.5. The molecule has 3 N–H and O–H groups in total. The van der Waals surface area contributed by atoms with E-state index in [1.165, 1.54) is 64.2 Å². The fourth-order valence-corrected chi connectivity index (χ4v) is 3.13. The van der Waals surface area contributed by atoms with E-state index in [1.807, 2.05) is 0 Å². The Morgan fingerprint density at radius 1 is 0.833 bits per heavy atom. The molecule has 0 aromatic carbocycles. The van der Waals surface area contributed by atoms with Crippen LogP contribution >= 0.6 is 32.7 Å². The molecule has 144 valence electrons. The van der Waals surface area contributed by atoms with Gasteiger partial charge in [-0.15, -0.1) is 12.6 Å². The van der Waals surface area contributed by atoms with Crippen molar-refractivity contribution in [3.05, 3.63) is 0 Å². The third-order valence-corrected chi connectivity index (χ3v) is 4.68. The van der Waals surface area contributed by atoms with Crippen molar-refractivity contribution in [2.45, 2.75) is 83.5 Å². The summed E-state index contributed by atoms with van der Waals surface area (Å²) in [4.78, 5) is 17.1. The van der Waals surface area contributed by atoms with Gasteiger partial charge >= 0.3 is 7.82 Å².